The molecule has 0 atom stereocenters. The Kier molecular flexibility index (Phi) is 4.93. The lowest BCUT2D eigenvalue weighted by atomic mass is 10.2. The van der Waals surface area contributed by atoms with E-state index in [-0.39, 0.29) is 23.7 Å². The molecule has 0 saturated heterocycles. The number of hydrogen-bond acceptors (Lipinski definition) is 5. The van der Waals surface area contributed by atoms with Gasteiger partial charge < -0.3 is 8.98 Å². The lowest BCUT2D eigenvalue weighted by Crippen LogP contribution is -2.16. The highest BCUT2D eigenvalue weighted by Gasteiger charge is 2.31. The van der Waals surface area contributed by atoms with E-state index in [0.717, 1.165) is 12.1 Å². The van der Waals surface area contributed by atoms with E-state index < -0.39 is 17.6 Å². The first-order valence-electron chi connectivity index (χ1n) is 9.77. The molecule has 11 heteroatoms. The van der Waals surface area contributed by atoms with E-state index >= 15 is 0 Å². The van der Waals surface area contributed by atoms with E-state index in [2.05, 4.69) is 20.6 Å². The van der Waals surface area contributed by atoms with Gasteiger partial charge in [-0.25, -0.2) is 9.67 Å². The van der Waals surface area contributed by atoms with E-state index in [1.165, 1.54) is 23.2 Å². The molecule has 0 fully saturated rings. The minimum atomic E-state index is -4.52. The highest BCUT2D eigenvalue weighted by molar-refractivity contribution is 6.02. The number of aromatic nitrogens is 5. The molecule has 1 N–H and O–H groups in total. The van der Waals surface area contributed by atoms with E-state index in [1.807, 2.05) is 18.2 Å². The molecule has 3 heterocycles. The average Bonchev–Trinajstić information content (AvgIpc) is 3.55. The van der Waals surface area contributed by atoms with Crippen LogP contribution < -0.4 is 5.32 Å². The molecule has 0 aliphatic carbocycles. The van der Waals surface area contributed by atoms with Gasteiger partial charge in [-0.3, -0.25) is 10.1 Å². The van der Waals surface area contributed by atoms with Gasteiger partial charge in [-0.2, -0.15) is 13.2 Å². The van der Waals surface area contributed by atoms with E-state index in [4.69, 9.17) is 4.42 Å². The number of rotatable bonds is 5. The fourth-order valence-corrected chi connectivity index (χ4v) is 3.36. The summed E-state index contributed by atoms with van der Waals surface area (Å²) in [6.07, 6.45) is -1.58. The molecule has 0 saturated carbocycles. The van der Waals surface area contributed by atoms with Gasteiger partial charge in [0.1, 0.15) is 5.76 Å². The minimum absolute atomic E-state index is 0.0199. The monoisotopic (exact) mass is 452 g/mol. The van der Waals surface area contributed by atoms with Crippen molar-refractivity contribution in [2.75, 3.05) is 5.32 Å². The first kappa shape index (κ1) is 20.5. The number of furan rings is 1. The van der Waals surface area contributed by atoms with Crippen LogP contribution in [0.4, 0.5) is 19.1 Å². The molecule has 0 bridgehead atoms. The molecule has 0 unspecified atom stereocenters. The molecule has 2 aromatic carbocycles. The van der Waals surface area contributed by atoms with Gasteiger partial charge in [-0.05, 0) is 42.5 Å². The molecule has 0 radical (unpaired) electrons. The molecule has 0 aliphatic heterocycles. The maximum Gasteiger partial charge on any atom is 0.416 e. The number of hydrogen-bond donors (Lipinski definition) is 1. The molecule has 33 heavy (non-hydrogen) atoms. The number of benzene rings is 2. The normalized spacial score (nSPS) is 11.7. The van der Waals surface area contributed by atoms with Gasteiger partial charge in [0, 0.05) is 0 Å². The first-order valence-corrected chi connectivity index (χ1v) is 9.77. The lowest BCUT2D eigenvalue weighted by Gasteiger charge is -2.09. The van der Waals surface area contributed by atoms with Crippen molar-refractivity contribution < 1.29 is 22.4 Å². The largest absolute Gasteiger partial charge is 0.467 e. The van der Waals surface area contributed by atoms with E-state index in [9.17, 15) is 18.0 Å². The average molecular weight is 452 g/mol. The predicted molar refractivity (Wildman–Crippen MR) is 112 cm³/mol. The maximum absolute atomic E-state index is 13.2. The van der Waals surface area contributed by atoms with Crippen LogP contribution in [0.5, 0.6) is 0 Å². The molecule has 1 amide bonds. The summed E-state index contributed by atoms with van der Waals surface area (Å²) in [5, 5.41) is 10.5. The number of halogens is 3. The number of imidazole rings is 1. The molecular formula is C22H15F3N6O2. The van der Waals surface area contributed by atoms with Gasteiger partial charge in [0.25, 0.3) is 5.91 Å². The summed E-state index contributed by atoms with van der Waals surface area (Å²) in [4.78, 5) is 17.1. The Morgan fingerprint density at radius 2 is 1.88 bits per heavy atom. The van der Waals surface area contributed by atoms with Crippen LogP contribution in [0.2, 0.25) is 0 Å². The van der Waals surface area contributed by atoms with Crippen molar-refractivity contribution in [2.24, 2.45) is 0 Å². The van der Waals surface area contributed by atoms with Crippen LogP contribution in [0.25, 0.3) is 16.7 Å². The molecule has 8 nitrogen and oxygen atoms in total. The Bertz CT molecular complexity index is 1420. The number of alkyl halides is 3. The van der Waals surface area contributed by atoms with Crippen LogP contribution in [-0.4, -0.2) is 30.5 Å². The maximum atomic E-state index is 13.2. The second-order valence-electron chi connectivity index (χ2n) is 7.14. The zero-order valence-corrected chi connectivity index (χ0v) is 16.8. The molecule has 5 rings (SSSR count). The minimum Gasteiger partial charge on any atom is -0.467 e. The lowest BCUT2D eigenvalue weighted by molar-refractivity contribution is -0.137. The number of anilines is 1. The summed E-state index contributed by atoms with van der Waals surface area (Å²) >= 11 is 0. The third-order valence-electron chi connectivity index (χ3n) is 4.94. The van der Waals surface area contributed by atoms with Crippen LogP contribution in [0.15, 0.2) is 77.5 Å². The van der Waals surface area contributed by atoms with E-state index in [0.29, 0.717) is 17.0 Å². The first-order chi connectivity index (χ1) is 15.9. The summed E-state index contributed by atoms with van der Waals surface area (Å²) in [7, 11) is 0. The number of carbonyl (C=O) groups is 1. The number of nitrogens with zero attached hydrogens (tertiary/aromatic N) is 5. The molecule has 5 aromatic rings. The van der Waals surface area contributed by atoms with Crippen molar-refractivity contribution in [1.29, 1.82) is 0 Å². The van der Waals surface area contributed by atoms with Crippen molar-refractivity contribution in [3.8, 4) is 5.69 Å². The third kappa shape index (κ3) is 4.07. The zero-order valence-electron chi connectivity index (χ0n) is 16.8. The van der Waals surface area contributed by atoms with E-state index in [1.54, 1.807) is 28.8 Å². The van der Waals surface area contributed by atoms with Crippen molar-refractivity contribution in [2.45, 2.75) is 12.7 Å². The number of amides is 1. The van der Waals surface area contributed by atoms with Gasteiger partial charge in [0.2, 0.25) is 5.95 Å². The fraction of sp³-hybridized carbons (Fsp3) is 0.0909. The highest BCUT2D eigenvalue weighted by atomic mass is 19.4. The number of nitrogens with one attached hydrogen (secondary N) is 1. The second kappa shape index (κ2) is 7.93. The molecular weight excluding hydrogens is 437 g/mol. The Labute approximate surface area is 184 Å². The van der Waals surface area contributed by atoms with Gasteiger partial charge in [0.15, 0.2) is 5.69 Å². The van der Waals surface area contributed by atoms with Crippen LogP contribution >= 0.6 is 0 Å². The standard InChI is InChI=1S/C22H15F3N6O2/c23-22(24,25)14-8-9-19-17(11-14)26-21(30(19)12-16-7-4-10-33-16)27-20(32)18-13-31(29-28-18)15-5-2-1-3-6-15/h1-11,13H,12H2,(H,26,27,32). The quantitative estimate of drug-likeness (QED) is 0.423. The summed E-state index contributed by atoms with van der Waals surface area (Å²) in [5.74, 6) is -0.0102. The number of carbonyl (C=O) groups excluding carboxylic acids is 1. The zero-order chi connectivity index (χ0) is 23.0. The van der Waals surface area contributed by atoms with Gasteiger partial charge in [-0.15, -0.1) is 5.10 Å². The molecule has 0 spiro atoms. The number of para-hydroxylation sites is 1. The number of fused-ring (bicyclic) bond motifs is 1. The second-order valence-corrected chi connectivity index (χ2v) is 7.14. The summed E-state index contributed by atoms with van der Waals surface area (Å²) in [5.41, 5.74) is 0.392. The van der Waals surface area contributed by atoms with Gasteiger partial charge >= 0.3 is 6.18 Å². The van der Waals surface area contributed by atoms with Crippen LogP contribution in [0.1, 0.15) is 21.8 Å². The van der Waals surface area contributed by atoms with Crippen LogP contribution in [0, 0.1) is 0 Å². The Hall–Kier alpha value is -4.41. The Morgan fingerprint density at radius 1 is 1.06 bits per heavy atom. The fourth-order valence-electron chi connectivity index (χ4n) is 3.36. The van der Waals surface area contributed by atoms with Crippen LogP contribution in [0.3, 0.4) is 0 Å². The van der Waals surface area contributed by atoms with Crippen molar-refractivity contribution >= 4 is 22.9 Å². The molecule has 3 aromatic heterocycles. The third-order valence-corrected chi connectivity index (χ3v) is 4.94. The van der Waals surface area contributed by atoms with Crippen molar-refractivity contribution in [3.63, 3.8) is 0 Å². The SMILES string of the molecule is O=C(Nc1nc2cc(C(F)(F)F)ccc2n1Cc1ccco1)c1cn(-c2ccccc2)nn1. The summed E-state index contributed by atoms with van der Waals surface area (Å²) < 4.78 is 47.9. The molecule has 166 valence electrons. The topological polar surface area (TPSA) is 90.8 Å². The van der Waals surface area contributed by atoms with Gasteiger partial charge in [0.05, 0.1) is 41.3 Å². The predicted octanol–water partition coefficient (Wildman–Crippen LogP) is 4.53. The smallest absolute Gasteiger partial charge is 0.416 e. The highest BCUT2D eigenvalue weighted by Crippen LogP contribution is 2.32. The Balaban J connectivity index is 1.50. The van der Waals surface area contributed by atoms with Gasteiger partial charge in [-0.1, -0.05) is 23.4 Å². The molecule has 0 aliphatic rings. The van der Waals surface area contributed by atoms with Crippen LogP contribution in [-0.2, 0) is 12.7 Å². The van der Waals surface area contributed by atoms with Crippen molar-refractivity contribution in [3.05, 3.63) is 90.1 Å². The Morgan fingerprint density at radius 3 is 2.61 bits per heavy atom. The summed E-state index contributed by atoms with van der Waals surface area (Å²) in [6.45, 7) is 0.154. The summed E-state index contributed by atoms with van der Waals surface area (Å²) in [6, 6.07) is 15.7. The van der Waals surface area contributed by atoms with Crippen molar-refractivity contribution in [1.82, 2.24) is 24.5 Å².